The molecule has 0 spiro atoms. The van der Waals surface area contributed by atoms with Gasteiger partial charge in [-0.1, -0.05) is 48.4 Å². The van der Waals surface area contributed by atoms with Crippen LogP contribution in [0.1, 0.15) is 23.7 Å². The fourth-order valence-electron chi connectivity index (χ4n) is 2.31. The first-order valence-corrected chi connectivity index (χ1v) is 7.96. The van der Waals surface area contributed by atoms with Gasteiger partial charge in [0.25, 0.3) is 11.9 Å². The molecule has 0 bridgehead atoms. The summed E-state index contributed by atoms with van der Waals surface area (Å²) in [7, 11) is 0. The van der Waals surface area contributed by atoms with Gasteiger partial charge in [-0.15, -0.1) is 5.10 Å². The lowest BCUT2D eigenvalue weighted by molar-refractivity contribution is 0.0979. The van der Waals surface area contributed by atoms with Gasteiger partial charge in [-0.05, 0) is 40.7 Å². The van der Waals surface area contributed by atoms with Crippen molar-refractivity contribution >= 4 is 40.0 Å². The third-order valence-corrected chi connectivity index (χ3v) is 3.57. The number of nitrogens with one attached hydrogen (secondary N) is 2. The molecule has 1 heterocycles. The molecule has 2 aromatic carbocycles. The number of tetrazole rings is 1. The van der Waals surface area contributed by atoms with Crippen LogP contribution in [0.2, 0.25) is 0 Å². The van der Waals surface area contributed by atoms with Crippen LogP contribution in [0, 0.1) is 0 Å². The van der Waals surface area contributed by atoms with Gasteiger partial charge in [0.15, 0.2) is 5.11 Å². The van der Waals surface area contributed by atoms with Crippen molar-refractivity contribution in [2.24, 2.45) is 0 Å². The van der Waals surface area contributed by atoms with Crippen molar-refractivity contribution in [1.29, 1.82) is 0 Å². The summed E-state index contributed by atoms with van der Waals surface area (Å²) in [4.78, 5) is 13.9. The Bertz CT molecular complexity index is 886. The molecule has 0 aliphatic carbocycles. The smallest absolute Gasteiger partial charge is 0.269 e. The Morgan fingerprint density at radius 2 is 2.00 bits per heavy atom. The van der Waals surface area contributed by atoms with Crippen molar-refractivity contribution in [3.05, 3.63) is 48.0 Å². The summed E-state index contributed by atoms with van der Waals surface area (Å²) in [6.45, 7) is 2.69. The monoisotopic (exact) mass is 340 g/mol. The van der Waals surface area contributed by atoms with E-state index in [1.165, 1.54) is 4.80 Å². The molecule has 0 atom stereocenters. The lowest BCUT2D eigenvalue weighted by Crippen LogP contribution is -2.34. The maximum absolute atomic E-state index is 12.5. The highest BCUT2D eigenvalue weighted by atomic mass is 32.1. The van der Waals surface area contributed by atoms with E-state index in [9.17, 15) is 4.79 Å². The zero-order valence-corrected chi connectivity index (χ0v) is 13.9. The Morgan fingerprint density at radius 3 is 2.83 bits per heavy atom. The molecule has 1 amide bonds. The summed E-state index contributed by atoms with van der Waals surface area (Å²) in [5.41, 5.74) is 0.555. The first kappa shape index (κ1) is 16.0. The minimum Gasteiger partial charge on any atom is -0.299 e. The molecule has 1 aromatic heterocycles. The van der Waals surface area contributed by atoms with Crippen molar-refractivity contribution in [2.75, 3.05) is 5.32 Å². The molecule has 24 heavy (non-hydrogen) atoms. The SMILES string of the molecule is CCCn1nnc(NC(=S)NC(=O)c2cccc3ccccc23)n1. The molecule has 0 aliphatic rings. The number of benzene rings is 2. The molecule has 0 radical (unpaired) electrons. The number of rotatable bonds is 4. The number of anilines is 1. The second-order valence-electron chi connectivity index (χ2n) is 5.14. The van der Waals surface area contributed by atoms with E-state index < -0.39 is 0 Å². The summed E-state index contributed by atoms with van der Waals surface area (Å²) in [6, 6.07) is 13.2. The molecule has 3 rings (SSSR count). The Kier molecular flexibility index (Phi) is 4.76. The van der Waals surface area contributed by atoms with Gasteiger partial charge < -0.3 is 0 Å². The van der Waals surface area contributed by atoms with Crippen molar-refractivity contribution in [1.82, 2.24) is 25.5 Å². The predicted octanol–water partition coefficient (Wildman–Crippen LogP) is 2.36. The van der Waals surface area contributed by atoms with Gasteiger partial charge in [0, 0.05) is 5.56 Å². The highest BCUT2D eigenvalue weighted by molar-refractivity contribution is 7.80. The van der Waals surface area contributed by atoms with Gasteiger partial charge in [-0.2, -0.15) is 4.80 Å². The van der Waals surface area contributed by atoms with Gasteiger partial charge in [-0.3, -0.25) is 15.4 Å². The van der Waals surface area contributed by atoms with E-state index in [-0.39, 0.29) is 17.0 Å². The number of aromatic nitrogens is 4. The van der Waals surface area contributed by atoms with Crippen molar-refractivity contribution < 1.29 is 4.79 Å². The normalized spacial score (nSPS) is 10.5. The van der Waals surface area contributed by atoms with Crippen LogP contribution in [0.5, 0.6) is 0 Å². The Hall–Kier alpha value is -2.87. The maximum Gasteiger partial charge on any atom is 0.269 e. The Labute approximate surface area is 144 Å². The van der Waals surface area contributed by atoms with E-state index in [1.807, 2.05) is 43.3 Å². The minimum atomic E-state index is -0.287. The average Bonchev–Trinajstić information content (AvgIpc) is 3.01. The highest BCUT2D eigenvalue weighted by Crippen LogP contribution is 2.18. The molecule has 0 fully saturated rings. The van der Waals surface area contributed by atoms with E-state index in [4.69, 9.17) is 12.2 Å². The second-order valence-corrected chi connectivity index (χ2v) is 5.55. The van der Waals surface area contributed by atoms with E-state index in [0.29, 0.717) is 12.1 Å². The number of thiocarbonyl (C=S) groups is 1. The number of aryl methyl sites for hydroxylation is 1. The summed E-state index contributed by atoms with van der Waals surface area (Å²) < 4.78 is 0. The topological polar surface area (TPSA) is 84.7 Å². The van der Waals surface area contributed by atoms with Gasteiger partial charge >= 0.3 is 0 Å². The van der Waals surface area contributed by atoms with Crippen molar-refractivity contribution in [2.45, 2.75) is 19.9 Å². The van der Waals surface area contributed by atoms with Crippen LogP contribution in [0.4, 0.5) is 5.95 Å². The number of hydrogen-bond donors (Lipinski definition) is 2. The molecule has 0 saturated carbocycles. The quantitative estimate of drug-likeness (QED) is 0.709. The predicted molar refractivity (Wildman–Crippen MR) is 95.7 cm³/mol. The fourth-order valence-corrected chi connectivity index (χ4v) is 2.50. The van der Waals surface area contributed by atoms with E-state index in [2.05, 4.69) is 26.0 Å². The zero-order valence-electron chi connectivity index (χ0n) is 13.1. The molecule has 3 aromatic rings. The molecule has 8 heteroatoms. The summed E-state index contributed by atoms with van der Waals surface area (Å²) >= 11 is 5.15. The van der Waals surface area contributed by atoms with Crippen LogP contribution in [0.25, 0.3) is 10.8 Å². The first-order chi connectivity index (χ1) is 11.7. The number of hydrogen-bond acceptors (Lipinski definition) is 5. The maximum atomic E-state index is 12.5. The van der Waals surface area contributed by atoms with Gasteiger partial charge in [0.2, 0.25) is 0 Å². The zero-order chi connectivity index (χ0) is 16.9. The van der Waals surface area contributed by atoms with E-state index in [0.717, 1.165) is 17.2 Å². The molecule has 0 unspecified atom stereocenters. The fraction of sp³-hybridized carbons (Fsp3) is 0.188. The van der Waals surface area contributed by atoms with Crippen LogP contribution < -0.4 is 10.6 Å². The lowest BCUT2D eigenvalue weighted by Gasteiger charge is -2.08. The third kappa shape index (κ3) is 3.54. The van der Waals surface area contributed by atoms with Gasteiger partial charge in [0.05, 0.1) is 6.54 Å². The minimum absolute atomic E-state index is 0.129. The molecule has 0 aliphatic heterocycles. The number of carbonyl (C=O) groups excluding carboxylic acids is 1. The van der Waals surface area contributed by atoms with Crippen molar-refractivity contribution in [3.63, 3.8) is 0 Å². The van der Waals surface area contributed by atoms with Gasteiger partial charge in [0.1, 0.15) is 0 Å². The second kappa shape index (κ2) is 7.14. The van der Waals surface area contributed by atoms with Crippen LogP contribution in [-0.2, 0) is 6.54 Å². The summed E-state index contributed by atoms with van der Waals surface area (Å²) in [5, 5.41) is 19.2. The lowest BCUT2D eigenvalue weighted by atomic mass is 10.0. The summed E-state index contributed by atoms with van der Waals surface area (Å²) in [6.07, 6.45) is 0.901. The Balaban J connectivity index is 1.70. The molecular formula is C16H16N6OS. The van der Waals surface area contributed by atoms with Crippen LogP contribution >= 0.6 is 12.2 Å². The molecule has 2 N–H and O–H groups in total. The standard InChI is InChI=1S/C16H16N6OS/c1-2-10-22-20-15(19-21-22)18-16(24)17-14(23)13-9-5-7-11-6-3-4-8-12(11)13/h3-9H,2,10H2,1H3,(H2,17,18,20,23,24). The van der Waals surface area contributed by atoms with Gasteiger partial charge in [-0.25, -0.2) is 0 Å². The molecule has 0 saturated heterocycles. The first-order valence-electron chi connectivity index (χ1n) is 7.55. The molecular weight excluding hydrogens is 324 g/mol. The third-order valence-electron chi connectivity index (χ3n) is 3.36. The van der Waals surface area contributed by atoms with Crippen molar-refractivity contribution in [3.8, 4) is 0 Å². The number of nitrogens with zero attached hydrogens (tertiary/aromatic N) is 4. The summed E-state index contributed by atoms with van der Waals surface area (Å²) in [5.74, 6) is -0.0306. The van der Waals surface area contributed by atoms with E-state index >= 15 is 0 Å². The van der Waals surface area contributed by atoms with E-state index in [1.54, 1.807) is 6.07 Å². The largest absolute Gasteiger partial charge is 0.299 e. The number of amides is 1. The number of fused-ring (bicyclic) bond motifs is 1. The molecule has 122 valence electrons. The Morgan fingerprint density at radius 1 is 1.21 bits per heavy atom. The van der Waals surface area contributed by atoms with Crippen LogP contribution in [0.3, 0.4) is 0 Å². The molecule has 7 nitrogen and oxygen atoms in total. The van der Waals surface area contributed by atoms with Crippen LogP contribution in [-0.4, -0.2) is 31.2 Å². The highest BCUT2D eigenvalue weighted by Gasteiger charge is 2.12. The van der Waals surface area contributed by atoms with Crippen LogP contribution in [0.15, 0.2) is 42.5 Å². The number of carbonyl (C=O) groups is 1. The average molecular weight is 340 g/mol.